The molecule has 0 atom stereocenters. The van der Waals surface area contributed by atoms with Gasteiger partial charge in [0.2, 0.25) is 5.91 Å². The number of hydrogen-bond donors (Lipinski definition) is 2. The molecule has 0 aromatic heterocycles. The summed E-state index contributed by atoms with van der Waals surface area (Å²) in [5.41, 5.74) is 0.566. The van der Waals surface area contributed by atoms with Crippen LogP contribution in [0.25, 0.3) is 0 Å². The summed E-state index contributed by atoms with van der Waals surface area (Å²) in [6.45, 7) is -0.226. The fourth-order valence-corrected chi connectivity index (χ4v) is 2.27. The van der Waals surface area contributed by atoms with E-state index in [1.807, 2.05) is 24.5 Å². The van der Waals surface area contributed by atoms with E-state index in [1.54, 1.807) is 23.9 Å². The molecule has 0 fully saturated rings. The van der Waals surface area contributed by atoms with Gasteiger partial charge in [-0.1, -0.05) is 18.2 Å². The summed E-state index contributed by atoms with van der Waals surface area (Å²) >= 11 is 1.56. The van der Waals surface area contributed by atoms with Crippen LogP contribution in [-0.4, -0.2) is 24.6 Å². The van der Waals surface area contributed by atoms with Gasteiger partial charge in [0.15, 0.2) is 0 Å². The molecule has 0 saturated carbocycles. The van der Waals surface area contributed by atoms with Crippen molar-refractivity contribution in [1.29, 1.82) is 0 Å². The third-order valence-corrected chi connectivity index (χ3v) is 3.61. The summed E-state index contributed by atoms with van der Waals surface area (Å²) in [6, 6.07) is 13.0. The van der Waals surface area contributed by atoms with Gasteiger partial charge in [-0.15, -0.1) is 11.8 Å². The summed E-state index contributed by atoms with van der Waals surface area (Å²) in [4.78, 5) is 24.6. The second kappa shape index (κ2) is 7.61. The van der Waals surface area contributed by atoms with Crippen LogP contribution in [0, 0.1) is 5.82 Å². The summed E-state index contributed by atoms with van der Waals surface area (Å²) in [5, 5.41) is 5.07. The van der Waals surface area contributed by atoms with Crippen LogP contribution in [0.5, 0.6) is 0 Å². The first-order valence-corrected chi connectivity index (χ1v) is 7.79. The van der Waals surface area contributed by atoms with Gasteiger partial charge in [0, 0.05) is 10.6 Å². The average molecular weight is 318 g/mol. The fraction of sp³-hybridized carbons (Fsp3) is 0.125. The van der Waals surface area contributed by atoms with Gasteiger partial charge >= 0.3 is 0 Å². The molecule has 114 valence electrons. The van der Waals surface area contributed by atoms with E-state index in [0.29, 0.717) is 5.69 Å². The Labute approximate surface area is 132 Å². The van der Waals surface area contributed by atoms with E-state index in [9.17, 15) is 14.0 Å². The van der Waals surface area contributed by atoms with E-state index in [1.165, 1.54) is 18.2 Å². The van der Waals surface area contributed by atoms with Gasteiger partial charge in [-0.25, -0.2) is 4.39 Å². The Hall–Kier alpha value is -2.34. The quantitative estimate of drug-likeness (QED) is 0.834. The summed E-state index contributed by atoms with van der Waals surface area (Å²) in [6.07, 6.45) is 1.94. The lowest BCUT2D eigenvalue weighted by atomic mass is 10.2. The highest BCUT2D eigenvalue weighted by molar-refractivity contribution is 7.98. The van der Waals surface area contributed by atoms with E-state index < -0.39 is 11.7 Å². The fourth-order valence-electron chi connectivity index (χ4n) is 1.81. The zero-order valence-electron chi connectivity index (χ0n) is 11.9. The molecule has 0 aliphatic rings. The van der Waals surface area contributed by atoms with Crippen LogP contribution in [0.2, 0.25) is 0 Å². The van der Waals surface area contributed by atoms with E-state index >= 15 is 0 Å². The minimum atomic E-state index is -0.619. The molecule has 2 N–H and O–H groups in total. The number of benzene rings is 2. The Morgan fingerprint density at radius 2 is 1.91 bits per heavy atom. The topological polar surface area (TPSA) is 58.2 Å². The molecule has 0 unspecified atom stereocenters. The van der Waals surface area contributed by atoms with E-state index in [4.69, 9.17) is 0 Å². The van der Waals surface area contributed by atoms with Crippen LogP contribution in [0.1, 0.15) is 10.4 Å². The standard InChI is InChI=1S/C16H15FN2O2S/c1-22-12-6-4-5-11(9-12)19-15(20)10-18-16(21)13-7-2-3-8-14(13)17/h2-9H,10H2,1H3,(H,18,21)(H,19,20). The molecule has 2 aromatic carbocycles. The van der Waals surface area contributed by atoms with Gasteiger partial charge in [-0.05, 0) is 36.6 Å². The van der Waals surface area contributed by atoms with Crippen molar-refractivity contribution in [3.63, 3.8) is 0 Å². The zero-order valence-corrected chi connectivity index (χ0v) is 12.7. The summed E-state index contributed by atoms with van der Waals surface area (Å²) < 4.78 is 13.4. The minimum absolute atomic E-state index is 0.0836. The van der Waals surface area contributed by atoms with Crippen LogP contribution in [0.3, 0.4) is 0 Å². The first-order chi connectivity index (χ1) is 10.6. The van der Waals surface area contributed by atoms with E-state index in [-0.39, 0.29) is 18.0 Å². The highest BCUT2D eigenvalue weighted by Crippen LogP contribution is 2.18. The molecular formula is C16H15FN2O2S. The molecule has 2 rings (SSSR count). The maximum absolute atomic E-state index is 13.4. The normalized spacial score (nSPS) is 10.1. The number of amides is 2. The number of thioether (sulfide) groups is 1. The second-order valence-corrected chi connectivity index (χ2v) is 5.32. The molecule has 2 aromatic rings. The van der Waals surface area contributed by atoms with E-state index in [2.05, 4.69) is 10.6 Å². The van der Waals surface area contributed by atoms with Crippen molar-refractivity contribution in [3.05, 3.63) is 59.9 Å². The molecule has 0 radical (unpaired) electrons. The predicted octanol–water partition coefficient (Wildman–Crippen LogP) is 2.92. The lowest BCUT2D eigenvalue weighted by Crippen LogP contribution is -2.33. The van der Waals surface area contributed by atoms with Crippen LogP contribution in [0.15, 0.2) is 53.4 Å². The Morgan fingerprint density at radius 3 is 2.64 bits per heavy atom. The molecule has 6 heteroatoms. The van der Waals surface area contributed by atoms with Gasteiger partial charge in [-0.3, -0.25) is 9.59 Å². The van der Waals surface area contributed by atoms with Crippen molar-refractivity contribution < 1.29 is 14.0 Å². The number of carbonyl (C=O) groups is 2. The van der Waals surface area contributed by atoms with Gasteiger partial charge in [0.1, 0.15) is 5.82 Å². The maximum Gasteiger partial charge on any atom is 0.254 e. The largest absolute Gasteiger partial charge is 0.343 e. The predicted molar refractivity (Wildman–Crippen MR) is 85.6 cm³/mol. The molecule has 0 aliphatic carbocycles. The van der Waals surface area contributed by atoms with Crippen molar-refractivity contribution in [1.82, 2.24) is 5.32 Å². The van der Waals surface area contributed by atoms with Gasteiger partial charge in [-0.2, -0.15) is 0 Å². The molecular weight excluding hydrogens is 303 g/mol. The Kier molecular flexibility index (Phi) is 5.55. The smallest absolute Gasteiger partial charge is 0.254 e. The third kappa shape index (κ3) is 4.33. The zero-order chi connectivity index (χ0) is 15.9. The molecule has 0 heterocycles. The highest BCUT2D eigenvalue weighted by atomic mass is 32.2. The van der Waals surface area contributed by atoms with Crippen molar-refractivity contribution in [2.75, 3.05) is 18.1 Å². The molecule has 0 saturated heterocycles. The van der Waals surface area contributed by atoms with E-state index in [0.717, 1.165) is 4.90 Å². The van der Waals surface area contributed by atoms with Crippen LogP contribution < -0.4 is 10.6 Å². The van der Waals surface area contributed by atoms with Crippen LogP contribution in [0.4, 0.5) is 10.1 Å². The van der Waals surface area contributed by atoms with Crippen molar-refractivity contribution in [3.8, 4) is 0 Å². The third-order valence-electron chi connectivity index (χ3n) is 2.88. The Morgan fingerprint density at radius 1 is 1.14 bits per heavy atom. The van der Waals surface area contributed by atoms with Crippen molar-refractivity contribution >= 4 is 29.3 Å². The highest BCUT2D eigenvalue weighted by Gasteiger charge is 2.12. The molecule has 0 spiro atoms. The number of carbonyl (C=O) groups excluding carboxylic acids is 2. The van der Waals surface area contributed by atoms with Crippen LogP contribution in [-0.2, 0) is 4.79 Å². The average Bonchev–Trinajstić information content (AvgIpc) is 2.53. The first kappa shape index (κ1) is 16.0. The lowest BCUT2D eigenvalue weighted by molar-refractivity contribution is -0.115. The summed E-state index contributed by atoms with van der Waals surface area (Å²) in [7, 11) is 0. The Balaban J connectivity index is 1.90. The number of rotatable bonds is 5. The number of hydrogen-bond acceptors (Lipinski definition) is 3. The van der Waals surface area contributed by atoms with Gasteiger partial charge in [0.25, 0.3) is 5.91 Å². The molecule has 22 heavy (non-hydrogen) atoms. The molecule has 2 amide bonds. The monoisotopic (exact) mass is 318 g/mol. The van der Waals surface area contributed by atoms with Gasteiger partial charge in [0.05, 0.1) is 12.1 Å². The molecule has 4 nitrogen and oxygen atoms in total. The molecule has 0 bridgehead atoms. The first-order valence-electron chi connectivity index (χ1n) is 6.57. The van der Waals surface area contributed by atoms with Crippen molar-refractivity contribution in [2.24, 2.45) is 0 Å². The SMILES string of the molecule is CSc1cccc(NC(=O)CNC(=O)c2ccccc2F)c1. The van der Waals surface area contributed by atoms with Crippen LogP contribution >= 0.6 is 11.8 Å². The van der Waals surface area contributed by atoms with Crippen molar-refractivity contribution in [2.45, 2.75) is 4.90 Å². The number of nitrogens with one attached hydrogen (secondary N) is 2. The minimum Gasteiger partial charge on any atom is -0.343 e. The van der Waals surface area contributed by atoms with Gasteiger partial charge < -0.3 is 10.6 Å². The Bertz CT molecular complexity index is 691. The maximum atomic E-state index is 13.4. The number of halogens is 1. The second-order valence-electron chi connectivity index (χ2n) is 4.44. The number of anilines is 1. The summed E-state index contributed by atoms with van der Waals surface area (Å²) in [5.74, 6) is -1.61. The molecule has 0 aliphatic heterocycles. The lowest BCUT2D eigenvalue weighted by Gasteiger charge is -2.08.